The average Bonchev–Trinajstić information content (AvgIpc) is 2.50. The Labute approximate surface area is 96.8 Å². The fraction of sp³-hybridized carbons (Fsp3) is 0.467. The largest absolute Gasteiger partial charge is 0.395 e. The Morgan fingerprint density at radius 2 is 2.06 bits per heavy atom. The molecule has 1 aromatic rings. The number of aliphatic hydroxyl groups excluding tert-OH is 1. The minimum absolute atomic E-state index is 0.00539. The first-order valence-corrected chi connectivity index (χ1v) is 6.03. The van der Waals surface area contributed by atoms with Gasteiger partial charge in [0.1, 0.15) is 0 Å². The summed E-state index contributed by atoms with van der Waals surface area (Å²) < 4.78 is 0. The van der Waals surface area contributed by atoms with Gasteiger partial charge >= 0.3 is 0 Å². The van der Waals surface area contributed by atoms with Crippen LogP contribution in [0.5, 0.6) is 0 Å². The third-order valence-corrected chi connectivity index (χ3v) is 4.94. The number of aliphatic hydroxyl groups is 1. The van der Waals surface area contributed by atoms with E-state index in [9.17, 15) is 5.11 Å². The van der Waals surface area contributed by atoms with Crippen LogP contribution in [0.3, 0.4) is 0 Å². The van der Waals surface area contributed by atoms with Crippen LogP contribution in [0.1, 0.15) is 31.4 Å². The molecule has 2 aliphatic carbocycles. The normalized spacial score (nSPS) is 38.1. The van der Waals surface area contributed by atoms with Gasteiger partial charge in [-0.05, 0) is 30.9 Å². The molecule has 0 radical (unpaired) electrons. The van der Waals surface area contributed by atoms with Crippen molar-refractivity contribution in [2.45, 2.75) is 32.1 Å². The second-order valence-corrected chi connectivity index (χ2v) is 5.40. The van der Waals surface area contributed by atoms with Gasteiger partial charge in [-0.3, -0.25) is 0 Å². The van der Waals surface area contributed by atoms with Crippen molar-refractivity contribution in [3.63, 3.8) is 0 Å². The molecule has 0 aliphatic heterocycles. The molecule has 0 amide bonds. The lowest BCUT2D eigenvalue weighted by molar-refractivity contribution is 0.0345. The summed E-state index contributed by atoms with van der Waals surface area (Å²) in [7, 11) is 0. The number of hydrogen-bond donors (Lipinski definition) is 1. The molecule has 2 atom stereocenters. The van der Waals surface area contributed by atoms with Crippen molar-refractivity contribution >= 4 is 0 Å². The minimum Gasteiger partial charge on any atom is -0.395 e. The standard InChI is InChI=1S/C15H18O/c1-3-12-9-14(2)13-7-5-4-6-11(13)8-15(12,14)10-16/h3-7,16H,8-10H2,1-2H3/b12-3-/t14-,15+/m1/s1. The summed E-state index contributed by atoms with van der Waals surface area (Å²) >= 11 is 0. The Hall–Kier alpha value is -1.08. The van der Waals surface area contributed by atoms with Crippen molar-refractivity contribution in [2.24, 2.45) is 5.41 Å². The molecule has 16 heavy (non-hydrogen) atoms. The predicted octanol–water partition coefficient (Wildman–Crippen LogP) is 2.83. The molecule has 1 nitrogen and oxygen atoms in total. The van der Waals surface area contributed by atoms with E-state index in [-0.39, 0.29) is 17.4 Å². The third-order valence-electron chi connectivity index (χ3n) is 4.94. The molecule has 2 aliphatic rings. The summed E-state index contributed by atoms with van der Waals surface area (Å²) in [5.74, 6) is 0. The second kappa shape index (κ2) is 2.98. The number of rotatable bonds is 1. The lowest BCUT2D eigenvalue weighted by atomic mass is 9.48. The van der Waals surface area contributed by atoms with Crippen LogP contribution in [0.4, 0.5) is 0 Å². The molecule has 84 valence electrons. The average molecular weight is 214 g/mol. The van der Waals surface area contributed by atoms with Crippen LogP contribution in [-0.2, 0) is 11.8 Å². The number of allylic oxidation sites excluding steroid dienone is 1. The van der Waals surface area contributed by atoms with E-state index >= 15 is 0 Å². The van der Waals surface area contributed by atoms with Crippen molar-refractivity contribution in [1.82, 2.24) is 0 Å². The first-order valence-electron chi connectivity index (χ1n) is 6.03. The zero-order valence-corrected chi connectivity index (χ0v) is 9.96. The highest BCUT2D eigenvalue weighted by molar-refractivity contribution is 5.54. The van der Waals surface area contributed by atoms with Gasteiger partial charge in [0.05, 0.1) is 6.61 Å². The van der Waals surface area contributed by atoms with E-state index in [1.165, 1.54) is 16.7 Å². The monoisotopic (exact) mass is 214 g/mol. The second-order valence-electron chi connectivity index (χ2n) is 5.40. The van der Waals surface area contributed by atoms with Gasteiger partial charge in [-0.25, -0.2) is 0 Å². The van der Waals surface area contributed by atoms with Crippen molar-refractivity contribution in [2.75, 3.05) is 6.61 Å². The summed E-state index contributed by atoms with van der Waals surface area (Å²) in [6, 6.07) is 8.67. The topological polar surface area (TPSA) is 20.2 Å². The molecule has 0 bridgehead atoms. The van der Waals surface area contributed by atoms with E-state index in [1.807, 2.05) is 0 Å². The molecular formula is C15H18O. The van der Waals surface area contributed by atoms with E-state index in [0.717, 1.165) is 12.8 Å². The van der Waals surface area contributed by atoms with Gasteiger partial charge in [-0.15, -0.1) is 0 Å². The Morgan fingerprint density at radius 3 is 2.75 bits per heavy atom. The van der Waals surface area contributed by atoms with Crippen LogP contribution in [0, 0.1) is 5.41 Å². The fourth-order valence-corrected chi connectivity index (χ4v) is 3.88. The van der Waals surface area contributed by atoms with Gasteiger partial charge in [0.2, 0.25) is 0 Å². The SMILES string of the molecule is C/C=C1/C[C@]2(C)c3ccccc3C[C@]12CO. The molecule has 1 aromatic carbocycles. The first kappa shape index (κ1) is 10.1. The number of fused-ring (bicyclic) bond motifs is 3. The molecule has 0 saturated heterocycles. The highest BCUT2D eigenvalue weighted by atomic mass is 16.3. The maximum Gasteiger partial charge on any atom is 0.0536 e. The molecule has 1 saturated carbocycles. The lowest BCUT2D eigenvalue weighted by Crippen LogP contribution is -2.54. The minimum atomic E-state index is 0.00539. The molecule has 0 unspecified atom stereocenters. The quantitative estimate of drug-likeness (QED) is 0.713. The van der Waals surface area contributed by atoms with Gasteiger partial charge in [-0.1, -0.05) is 42.8 Å². The highest BCUT2D eigenvalue weighted by Crippen LogP contribution is 2.67. The molecule has 3 rings (SSSR count). The molecule has 1 N–H and O–H groups in total. The van der Waals surface area contributed by atoms with Gasteiger partial charge < -0.3 is 5.11 Å². The van der Waals surface area contributed by atoms with E-state index < -0.39 is 0 Å². The molecule has 1 fully saturated rings. The molecule has 1 heteroatoms. The van der Waals surface area contributed by atoms with Crippen molar-refractivity contribution in [3.05, 3.63) is 47.0 Å². The van der Waals surface area contributed by atoms with Gasteiger partial charge in [0.25, 0.3) is 0 Å². The zero-order valence-electron chi connectivity index (χ0n) is 9.96. The summed E-state index contributed by atoms with van der Waals surface area (Å²) in [5.41, 5.74) is 4.49. The highest BCUT2D eigenvalue weighted by Gasteiger charge is 2.63. The number of hydrogen-bond acceptors (Lipinski definition) is 1. The smallest absolute Gasteiger partial charge is 0.0536 e. The van der Waals surface area contributed by atoms with Gasteiger partial charge in [0.15, 0.2) is 0 Å². The van der Waals surface area contributed by atoms with E-state index in [2.05, 4.69) is 44.2 Å². The first-order chi connectivity index (χ1) is 7.68. The lowest BCUT2D eigenvalue weighted by Gasteiger charge is -2.56. The summed E-state index contributed by atoms with van der Waals surface area (Å²) in [5, 5.41) is 9.85. The van der Waals surface area contributed by atoms with Crippen LogP contribution < -0.4 is 0 Å². The summed E-state index contributed by atoms with van der Waals surface area (Å²) in [4.78, 5) is 0. The Morgan fingerprint density at radius 1 is 1.31 bits per heavy atom. The maximum absolute atomic E-state index is 9.85. The van der Waals surface area contributed by atoms with Gasteiger partial charge in [-0.2, -0.15) is 0 Å². The third kappa shape index (κ3) is 0.871. The van der Waals surface area contributed by atoms with Crippen molar-refractivity contribution < 1.29 is 5.11 Å². The maximum atomic E-state index is 9.85. The Balaban J connectivity index is 2.18. The van der Waals surface area contributed by atoms with Crippen LogP contribution >= 0.6 is 0 Å². The van der Waals surface area contributed by atoms with E-state index in [1.54, 1.807) is 0 Å². The molecular weight excluding hydrogens is 196 g/mol. The fourth-order valence-electron chi connectivity index (χ4n) is 3.88. The Kier molecular flexibility index (Phi) is 1.88. The molecule has 0 spiro atoms. The zero-order chi connectivity index (χ0) is 11.4. The van der Waals surface area contributed by atoms with E-state index in [0.29, 0.717) is 0 Å². The van der Waals surface area contributed by atoms with Crippen LogP contribution in [0.2, 0.25) is 0 Å². The van der Waals surface area contributed by atoms with Crippen molar-refractivity contribution in [1.29, 1.82) is 0 Å². The van der Waals surface area contributed by atoms with Crippen molar-refractivity contribution in [3.8, 4) is 0 Å². The van der Waals surface area contributed by atoms with Crippen LogP contribution in [0.15, 0.2) is 35.9 Å². The summed E-state index contributed by atoms with van der Waals surface area (Å²) in [6.07, 6.45) is 4.32. The number of benzene rings is 1. The van der Waals surface area contributed by atoms with E-state index in [4.69, 9.17) is 0 Å². The van der Waals surface area contributed by atoms with Crippen LogP contribution in [0.25, 0.3) is 0 Å². The molecule has 0 heterocycles. The van der Waals surface area contributed by atoms with Gasteiger partial charge in [0, 0.05) is 10.8 Å². The Bertz CT molecular complexity index is 474. The predicted molar refractivity (Wildman–Crippen MR) is 65.4 cm³/mol. The molecule has 0 aromatic heterocycles. The summed E-state index contributed by atoms with van der Waals surface area (Å²) in [6.45, 7) is 4.68. The van der Waals surface area contributed by atoms with Crippen LogP contribution in [-0.4, -0.2) is 11.7 Å².